The molecule has 0 radical (unpaired) electrons. The molecule has 0 spiro atoms. The van der Waals surface area contributed by atoms with E-state index in [0.29, 0.717) is 50.2 Å². The van der Waals surface area contributed by atoms with Crippen LogP contribution in [0.1, 0.15) is 65.7 Å². The Balaban J connectivity index is 1.52. The SMILES string of the molecule is COC(=O)c1ccc(/C(F)=C/c2nn(C3CCCCO3)c3ccc(O[C@H](C)c4c(Cl)cncc4Cl)cc23)cc1. The summed E-state index contributed by atoms with van der Waals surface area (Å²) in [6.45, 7) is 2.49. The fraction of sp³-hybridized carbons (Fsp3) is 0.276. The Morgan fingerprint density at radius 3 is 2.51 bits per heavy atom. The van der Waals surface area contributed by atoms with Crippen molar-refractivity contribution in [2.75, 3.05) is 13.7 Å². The van der Waals surface area contributed by atoms with Gasteiger partial charge in [0.1, 0.15) is 17.7 Å². The van der Waals surface area contributed by atoms with Crippen LogP contribution in [0.4, 0.5) is 4.39 Å². The molecule has 0 bridgehead atoms. The fourth-order valence-corrected chi connectivity index (χ4v) is 5.29. The molecule has 202 valence electrons. The van der Waals surface area contributed by atoms with Gasteiger partial charge in [-0.25, -0.2) is 13.9 Å². The number of aromatic nitrogens is 3. The van der Waals surface area contributed by atoms with Crippen molar-refractivity contribution in [3.8, 4) is 5.75 Å². The van der Waals surface area contributed by atoms with Crippen LogP contribution in [0, 0.1) is 0 Å². The number of rotatable bonds is 7. The zero-order valence-corrected chi connectivity index (χ0v) is 22.9. The van der Waals surface area contributed by atoms with E-state index in [0.717, 1.165) is 24.8 Å². The lowest BCUT2D eigenvalue weighted by Gasteiger charge is -2.23. The van der Waals surface area contributed by atoms with Gasteiger partial charge in [-0.1, -0.05) is 35.3 Å². The van der Waals surface area contributed by atoms with Crippen LogP contribution < -0.4 is 4.74 Å². The van der Waals surface area contributed by atoms with E-state index >= 15 is 4.39 Å². The number of hydrogen-bond acceptors (Lipinski definition) is 6. The van der Waals surface area contributed by atoms with Crippen molar-refractivity contribution in [2.24, 2.45) is 0 Å². The van der Waals surface area contributed by atoms with Gasteiger partial charge in [-0.3, -0.25) is 4.98 Å². The Hall–Kier alpha value is -3.46. The van der Waals surface area contributed by atoms with Gasteiger partial charge in [-0.05, 0) is 56.5 Å². The van der Waals surface area contributed by atoms with Crippen LogP contribution in [0.5, 0.6) is 5.75 Å². The monoisotopic (exact) mass is 569 g/mol. The van der Waals surface area contributed by atoms with E-state index in [2.05, 4.69) is 4.98 Å². The smallest absolute Gasteiger partial charge is 0.337 e. The predicted molar refractivity (Wildman–Crippen MR) is 149 cm³/mol. The molecule has 10 heteroatoms. The van der Waals surface area contributed by atoms with Crippen molar-refractivity contribution in [2.45, 2.75) is 38.5 Å². The molecule has 7 nitrogen and oxygen atoms in total. The third-order valence-electron chi connectivity index (χ3n) is 6.59. The lowest BCUT2D eigenvalue weighted by molar-refractivity contribution is -0.0367. The Morgan fingerprint density at radius 2 is 1.85 bits per heavy atom. The van der Waals surface area contributed by atoms with Crippen LogP contribution in [-0.4, -0.2) is 34.5 Å². The second-order valence-electron chi connectivity index (χ2n) is 9.17. The Morgan fingerprint density at radius 1 is 1.13 bits per heavy atom. The van der Waals surface area contributed by atoms with Crippen molar-refractivity contribution < 1.29 is 23.4 Å². The largest absolute Gasteiger partial charge is 0.486 e. The second-order valence-corrected chi connectivity index (χ2v) is 9.98. The first-order valence-corrected chi connectivity index (χ1v) is 13.3. The molecule has 3 heterocycles. The highest BCUT2D eigenvalue weighted by atomic mass is 35.5. The molecule has 4 aromatic rings. The summed E-state index contributed by atoms with van der Waals surface area (Å²) in [6.07, 6.45) is 6.52. The summed E-state index contributed by atoms with van der Waals surface area (Å²) in [6, 6.07) is 11.6. The van der Waals surface area contributed by atoms with E-state index in [4.69, 9.17) is 42.5 Å². The average Bonchev–Trinajstić information content (AvgIpc) is 3.30. The number of fused-ring (bicyclic) bond motifs is 1. The molecule has 2 aromatic carbocycles. The normalized spacial score (nSPS) is 16.7. The third-order valence-corrected chi connectivity index (χ3v) is 7.19. The minimum absolute atomic E-state index is 0.245. The minimum atomic E-state index is -0.502. The van der Waals surface area contributed by atoms with Gasteiger partial charge in [0, 0.05) is 41.6 Å². The Bertz CT molecular complexity index is 1510. The molecular formula is C29H26Cl2FN3O4. The molecule has 1 unspecified atom stereocenters. The zero-order chi connectivity index (χ0) is 27.5. The van der Waals surface area contributed by atoms with Gasteiger partial charge in [-0.2, -0.15) is 5.10 Å². The lowest BCUT2D eigenvalue weighted by Crippen LogP contribution is -2.19. The number of methoxy groups -OCH3 is 1. The molecule has 0 aliphatic carbocycles. The number of nitrogens with zero attached hydrogens (tertiary/aromatic N) is 3. The number of carbonyl (C=O) groups is 1. The maximum absolute atomic E-state index is 15.4. The molecular weight excluding hydrogens is 544 g/mol. The molecule has 39 heavy (non-hydrogen) atoms. The summed E-state index contributed by atoms with van der Waals surface area (Å²) in [5, 5.41) is 6.25. The highest BCUT2D eigenvalue weighted by Gasteiger charge is 2.22. The van der Waals surface area contributed by atoms with Crippen molar-refractivity contribution >= 4 is 52.0 Å². The number of pyridine rings is 1. The zero-order valence-electron chi connectivity index (χ0n) is 21.4. The molecule has 5 rings (SSSR count). The Labute approximate surface area is 235 Å². The summed E-state index contributed by atoms with van der Waals surface area (Å²) >= 11 is 12.6. The van der Waals surface area contributed by atoms with Crippen molar-refractivity contribution in [3.05, 3.63) is 87.3 Å². The Kier molecular flexibility index (Phi) is 8.16. The third kappa shape index (κ3) is 5.78. The molecule has 0 amide bonds. The molecule has 1 aliphatic rings. The van der Waals surface area contributed by atoms with E-state index in [1.54, 1.807) is 4.68 Å². The number of benzene rings is 2. The first kappa shape index (κ1) is 27.1. The summed E-state index contributed by atoms with van der Waals surface area (Å²) in [5.41, 5.74) is 2.49. The van der Waals surface area contributed by atoms with Crippen molar-refractivity contribution in [1.29, 1.82) is 0 Å². The van der Waals surface area contributed by atoms with Crippen LogP contribution in [-0.2, 0) is 9.47 Å². The molecule has 1 saturated heterocycles. The second kappa shape index (κ2) is 11.7. The van der Waals surface area contributed by atoms with E-state index in [1.165, 1.54) is 49.8 Å². The van der Waals surface area contributed by atoms with Crippen LogP contribution in [0.25, 0.3) is 22.8 Å². The standard InChI is InChI=1S/C29H26Cl2FN3O4/c1-17(28-22(30)15-33-16-23(28)31)39-20-10-11-26-21(13-20)25(34-35(26)27-5-3-4-12-38-27)14-24(32)18-6-8-19(9-7-18)29(36)37-2/h6-11,13-17,27H,3-5,12H2,1-2H3/b24-14-/t17-,27?/m1/s1. The minimum Gasteiger partial charge on any atom is -0.486 e. The number of carbonyl (C=O) groups excluding carboxylic acids is 1. The summed E-state index contributed by atoms with van der Waals surface area (Å²) < 4.78 is 34.1. The van der Waals surface area contributed by atoms with Crippen LogP contribution >= 0.6 is 23.2 Å². The average molecular weight is 570 g/mol. The highest BCUT2D eigenvalue weighted by Crippen LogP contribution is 2.36. The quantitative estimate of drug-likeness (QED) is 0.211. The van der Waals surface area contributed by atoms with Gasteiger partial charge in [0.05, 0.1) is 33.9 Å². The summed E-state index contributed by atoms with van der Waals surface area (Å²) in [7, 11) is 1.30. The first-order valence-electron chi connectivity index (χ1n) is 12.5. The van der Waals surface area contributed by atoms with E-state index in [1.807, 2.05) is 25.1 Å². The number of halogens is 3. The van der Waals surface area contributed by atoms with E-state index < -0.39 is 17.9 Å². The fourth-order valence-electron chi connectivity index (χ4n) is 4.62. The summed E-state index contributed by atoms with van der Waals surface area (Å²) in [4.78, 5) is 15.7. The van der Waals surface area contributed by atoms with Crippen molar-refractivity contribution in [3.63, 3.8) is 0 Å². The lowest BCUT2D eigenvalue weighted by atomic mass is 10.1. The van der Waals surface area contributed by atoms with Gasteiger partial charge in [0.25, 0.3) is 0 Å². The topological polar surface area (TPSA) is 75.5 Å². The number of ether oxygens (including phenoxy) is 3. The summed E-state index contributed by atoms with van der Waals surface area (Å²) in [5.74, 6) is -0.447. The molecule has 1 aliphatic heterocycles. The van der Waals surface area contributed by atoms with Crippen LogP contribution in [0.3, 0.4) is 0 Å². The number of hydrogen-bond donors (Lipinski definition) is 0. The molecule has 0 saturated carbocycles. The maximum atomic E-state index is 15.4. The van der Waals surface area contributed by atoms with E-state index in [9.17, 15) is 4.79 Å². The first-order chi connectivity index (χ1) is 18.9. The van der Waals surface area contributed by atoms with Gasteiger partial charge >= 0.3 is 5.97 Å². The molecule has 2 aromatic heterocycles. The molecule has 1 fully saturated rings. The predicted octanol–water partition coefficient (Wildman–Crippen LogP) is 7.83. The van der Waals surface area contributed by atoms with Gasteiger partial charge < -0.3 is 14.2 Å². The van der Waals surface area contributed by atoms with E-state index in [-0.39, 0.29) is 6.23 Å². The maximum Gasteiger partial charge on any atom is 0.337 e. The number of esters is 1. The van der Waals surface area contributed by atoms with Crippen LogP contribution in [0.2, 0.25) is 10.0 Å². The molecule has 2 atom stereocenters. The van der Waals surface area contributed by atoms with Gasteiger partial charge in [0.2, 0.25) is 0 Å². The highest BCUT2D eigenvalue weighted by molar-refractivity contribution is 6.35. The van der Waals surface area contributed by atoms with Gasteiger partial charge in [0.15, 0.2) is 6.23 Å². The van der Waals surface area contributed by atoms with Gasteiger partial charge in [-0.15, -0.1) is 0 Å². The van der Waals surface area contributed by atoms with Crippen LogP contribution in [0.15, 0.2) is 54.9 Å². The van der Waals surface area contributed by atoms with Crippen molar-refractivity contribution in [1.82, 2.24) is 14.8 Å². The molecule has 0 N–H and O–H groups in total.